The van der Waals surface area contributed by atoms with Gasteiger partial charge in [-0.05, 0) is 46.9 Å². The van der Waals surface area contributed by atoms with E-state index >= 15 is 0 Å². The highest BCUT2D eigenvalue weighted by atomic mass is 16.5. The van der Waals surface area contributed by atoms with Crippen LogP contribution in [0.15, 0.2) is 66.7 Å². The molecule has 3 aromatic carbocycles. The molecule has 3 rings (SSSR count). The molecule has 2 atom stereocenters. The molecule has 0 saturated heterocycles. The van der Waals surface area contributed by atoms with Crippen LogP contribution in [0.1, 0.15) is 11.1 Å². The topological polar surface area (TPSA) is 81.4 Å². The third-order valence-electron chi connectivity index (χ3n) is 5.32. The van der Waals surface area contributed by atoms with Crippen molar-refractivity contribution in [2.75, 3.05) is 14.2 Å². The Hall–Kier alpha value is -3.34. The van der Waals surface area contributed by atoms with Gasteiger partial charge < -0.3 is 15.8 Å². The smallest absolute Gasteiger partial charge is 0.224 e. The van der Waals surface area contributed by atoms with Crippen LogP contribution in [-0.2, 0) is 22.4 Å². The number of benzene rings is 3. The summed E-state index contributed by atoms with van der Waals surface area (Å²) >= 11 is 0. The van der Waals surface area contributed by atoms with Crippen molar-refractivity contribution in [2.24, 2.45) is 17.6 Å². The van der Waals surface area contributed by atoms with Crippen LogP contribution in [0.5, 0.6) is 5.75 Å². The van der Waals surface area contributed by atoms with Crippen molar-refractivity contribution in [1.29, 1.82) is 0 Å². The van der Waals surface area contributed by atoms with E-state index in [2.05, 4.69) is 11.4 Å². The first-order chi connectivity index (χ1) is 14.0. The summed E-state index contributed by atoms with van der Waals surface area (Å²) in [5.41, 5.74) is 7.68. The van der Waals surface area contributed by atoms with Crippen molar-refractivity contribution in [3.8, 4) is 5.75 Å². The molecule has 0 aliphatic rings. The first-order valence-corrected chi connectivity index (χ1v) is 9.63. The molecule has 2 amide bonds. The van der Waals surface area contributed by atoms with E-state index in [4.69, 9.17) is 10.5 Å². The van der Waals surface area contributed by atoms with E-state index in [-0.39, 0.29) is 5.91 Å². The molecule has 5 heteroatoms. The number of amides is 2. The molecule has 0 aliphatic heterocycles. The van der Waals surface area contributed by atoms with Gasteiger partial charge in [0.25, 0.3) is 0 Å². The lowest BCUT2D eigenvalue weighted by Crippen LogP contribution is -2.41. The number of fused-ring (bicyclic) bond motifs is 1. The lowest BCUT2D eigenvalue weighted by molar-refractivity contribution is -0.133. The highest BCUT2D eigenvalue weighted by Gasteiger charge is 2.32. The van der Waals surface area contributed by atoms with Crippen molar-refractivity contribution < 1.29 is 14.3 Å². The number of hydrogen-bond donors (Lipinski definition) is 2. The van der Waals surface area contributed by atoms with E-state index < -0.39 is 17.7 Å². The summed E-state index contributed by atoms with van der Waals surface area (Å²) < 4.78 is 5.19. The molecule has 150 valence electrons. The summed E-state index contributed by atoms with van der Waals surface area (Å²) in [5, 5.41) is 4.92. The number of ether oxygens (including phenoxy) is 1. The van der Waals surface area contributed by atoms with Crippen LogP contribution in [-0.4, -0.2) is 26.0 Å². The number of methoxy groups -OCH3 is 1. The van der Waals surface area contributed by atoms with Crippen molar-refractivity contribution in [1.82, 2.24) is 5.32 Å². The van der Waals surface area contributed by atoms with E-state index in [0.29, 0.717) is 12.8 Å². The molecular weight excluding hydrogens is 364 g/mol. The highest BCUT2D eigenvalue weighted by molar-refractivity contribution is 5.88. The Labute approximate surface area is 170 Å². The predicted octanol–water partition coefficient (Wildman–Crippen LogP) is 3.10. The average molecular weight is 390 g/mol. The van der Waals surface area contributed by atoms with Crippen molar-refractivity contribution in [3.05, 3.63) is 77.9 Å². The van der Waals surface area contributed by atoms with Gasteiger partial charge in [-0.3, -0.25) is 9.59 Å². The Morgan fingerprint density at radius 1 is 0.897 bits per heavy atom. The SMILES string of the molecule is CNC(=O)[C@H](Cc1ccc(OC)cc1)C(Cc1ccc2ccccc2c1)C(N)=O. The van der Waals surface area contributed by atoms with Gasteiger partial charge in [0, 0.05) is 7.05 Å². The molecular formula is C24H26N2O3. The monoisotopic (exact) mass is 390 g/mol. The molecule has 1 unspecified atom stereocenters. The summed E-state index contributed by atoms with van der Waals surface area (Å²) in [6, 6.07) is 21.6. The first-order valence-electron chi connectivity index (χ1n) is 9.63. The molecule has 0 saturated carbocycles. The molecule has 0 radical (unpaired) electrons. The fourth-order valence-corrected chi connectivity index (χ4v) is 3.68. The van der Waals surface area contributed by atoms with Gasteiger partial charge in [-0.1, -0.05) is 54.6 Å². The van der Waals surface area contributed by atoms with Crippen LogP contribution in [0.2, 0.25) is 0 Å². The molecule has 0 aliphatic carbocycles. The zero-order chi connectivity index (χ0) is 20.8. The lowest BCUT2D eigenvalue weighted by Gasteiger charge is -2.24. The predicted molar refractivity (Wildman–Crippen MR) is 115 cm³/mol. The van der Waals surface area contributed by atoms with Crippen molar-refractivity contribution in [2.45, 2.75) is 12.8 Å². The largest absolute Gasteiger partial charge is 0.497 e. The van der Waals surface area contributed by atoms with Crippen LogP contribution >= 0.6 is 0 Å². The summed E-state index contributed by atoms with van der Waals surface area (Å²) in [5.74, 6) is -1.09. The van der Waals surface area contributed by atoms with Crippen molar-refractivity contribution >= 4 is 22.6 Å². The Balaban J connectivity index is 1.88. The van der Waals surface area contributed by atoms with Gasteiger partial charge in [-0.2, -0.15) is 0 Å². The summed E-state index contributed by atoms with van der Waals surface area (Å²) in [6.45, 7) is 0. The Kier molecular flexibility index (Phi) is 6.50. The minimum Gasteiger partial charge on any atom is -0.497 e. The van der Waals surface area contributed by atoms with Gasteiger partial charge in [-0.15, -0.1) is 0 Å². The maximum Gasteiger partial charge on any atom is 0.224 e. The van der Waals surface area contributed by atoms with Gasteiger partial charge in [0.1, 0.15) is 5.75 Å². The third kappa shape index (κ3) is 4.93. The Morgan fingerprint density at radius 2 is 1.52 bits per heavy atom. The number of carbonyl (C=O) groups is 2. The van der Waals surface area contributed by atoms with Crippen LogP contribution in [0.25, 0.3) is 10.8 Å². The molecule has 3 N–H and O–H groups in total. The average Bonchev–Trinajstić information content (AvgIpc) is 2.75. The number of carbonyl (C=O) groups excluding carboxylic acids is 2. The minimum atomic E-state index is -0.613. The van der Waals surface area contributed by atoms with Gasteiger partial charge in [0.2, 0.25) is 11.8 Å². The van der Waals surface area contributed by atoms with Gasteiger partial charge >= 0.3 is 0 Å². The lowest BCUT2D eigenvalue weighted by atomic mass is 9.81. The van der Waals surface area contributed by atoms with Crippen LogP contribution in [0.4, 0.5) is 0 Å². The number of primary amides is 1. The zero-order valence-electron chi connectivity index (χ0n) is 16.7. The molecule has 5 nitrogen and oxygen atoms in total. The normalized spacial score (nSPS) is 12.9. The second-order valence-electron chi connectivity index (χ2n) is 7.17. The fraction of sp³-hybridized carbons (Fsp3) is 0.250. The molecule has 3 aromatic rings. The molecule has 0 heterocycles. The van der Waals surface area contributed by atoms with Crippen LogP contribution in [0.3, 0.4) is 0 Å². The molecule has 0 bridgehead atoms. The van der Waals surface area contributed by atoms with E-state index in [1.165, 1.54) is 0 Å². The second kappa shape index (κ2) is 9.24. The number of rotatable bonds is 8. The Bertz CT molecular complexity index is 998. The van der Waals surface area contributed by atoms with Crippen LogP contribution in [0, 0.1) is 11.8 Å². The summed E-state index contributed by atoms with van der Waals surface area (Å²) in [4.78, 5) is 25.0. The van der Waals surface area contributed by atoms with E-state index in [0.717, 1.165) is 27.6 Å². The maximum absolute atomic E-state index is 12.6. The molecule has 0 fully saturated rings. The van der Waals surface area contributed by atoms with Gasteiger partial charge in [0.15, 0.2) is 0 Å². The summed E-state index contributed by atoms with van der Waals surface area (Å²) in [6.07, 6.45) is 0.833. The minimum absolute atomic E-state index is 0.189. The molecule has 0 aromatic heterocycles. The fourth-order valence-electron chi connectivity index (χ4n) is 3.68. The number of hydrogen-bond acceptors (Lipinski definition) is 3. The van der Waals surface area contributed by atoms with Crippen LogP contribution < -0.4 is 15.8 Å². The maximum atomic E-state index is 12.6. The van der Waals surface area contributed by atoms with Crippen molar-refractivity contribution in [3.63, 3.8) is 0 Å². The highest BCUT2D eigenvalue weighted by Crippen LogP contribution is 2.25. The second-order valence-corrected chi connectivity index (χ2v) is 7.17. The van der Waals surface area contributed by atoms with E-state index in [9.17, 15) is 9.59 Å². The standard InChI is InChI=1S/C24H26N2O3/c1-26-24(28)22(14-16-8-11-20(29-2)12-9-16)21(23(25)27)15-17-7-10-18-5-3-4-6-19(18)13-17/h3-13,21-22H,14-15H2,1-2H3,(H2,25,27)(H,26,28)/t21?,22-/m1/s1. The molecule has 29 heavy (non-hydrogen) atoms. The van der Waals surface area contributed by atoms with Gasteiger partial charge in [0.05, 0.1) is 18.9 Å². The first kappa shape index (κ1) is 20.4. The van der Waals surface area contributed by atoms with E-state index in [1.54, 1.807) is 14.2 Å². The number of nitrogens with one attached hydrogen (secondary N) is 1. The number of nitrogens with two attached hydrogens (primary N) is 1. The zero-order valence-corrected chi connectivity index (χ0v) is 16.7. The van der Waals surface area contributed by atoms with Gasteiger partial charge in [-0.25, -0.2) is 0 Å². The van der Waals surface area contributed by atoms with E-state index in [1.807, 2.05) is 60.7 Å². The quantitative estimate of drug-likeness (QED) is 0.620. The Morgan fingerprint density at radius 3 is 2.14 bits per heavy atom. The third-order valence-corrected chi connectivity index (χ3v) is 5.32. The molecule has 0 spiro atoms. The summed E-state index contributed by atoms with van der Waals surface area (Å²) in [7, 11) is 3.19.